The molecule has 31 heavy (non-hydrogen) atoms. The molecule has 1 unspecified atom stereocenters. The van der Waals surface area contributed by atoms with Crippen LogP contribution in [0.2, 0.25) is 0 Å². The van der Waals surface area contributed by atoms with Gasteiger partial charge in [0.25, 0.3) is 0 Å². The van der Waals surface area contributed by atoms with Crippen LogP contribution in [-0.2, 0) is 9.53 Å². The summed E-state index contributed by atoms with van der Waals surface area (Å²) in [6.45, 7) is 1.38. The monoisotopic (exact) mass is 416 g/mol. The lowest BCUT2D eigenvalue weighted by atomic mass is 10.3. The lowest BCUT2D eigenvalue weighted by molar-refractivity contribution is -0.109. The molecule has 0 radical (unpaired) electrons. The van der Waals surface area contributed by atoms with E-state index < -0.39 is 0 Å². The maximum Gasteiger partial charge on any atom is 0.157 e. The maximum atomic E-state index is 10.3. The number of nitrogens with zero attached hydrogens (tertiary/aromatic N) is 4. The highest BCUT2D eigenvalue weighted by Gasteiger charge is 2.22. The summed E-state index contributed by atoms with van der Waals surface area (Å²) in [5.74, 6) is 1.39. The number of hydrogen-bond donors (Lipinski definition) is 0. The molecule has 8 nitrogen and oxygen atoms in total. The van der Waals surface area contributed by atoms with Crippen molar-refractivity contribution in [3.63, 3.8) is 0 Å². The van der Waals surface area contributed by atoms with Gasteiger partial charge in [-0.2, -0.15) is 20.5 Å². The summed E-state index contributed by atoms with van der Waals surface area (Å²) >= 11 is 0. The maximum absolute atomic E-state index is 10.3. The minimum Gasteiger partial charge on any atom is -0.491 e. The predicted molar refractivity (Wildman–Crippen MR) is 114 cm³/mol. The van der Waals surface area contributed by atoms with E-state index in [1.165, 1.54) is 0 Å². The second-order valence-corrected chi connectivity index (χ2v) is 6.65. The number of benzene rings is 3. The van der Waals surface area contributed by atoms with Gasteiger partial charge in [-0.15, -0.1) is 0 Å². The van der Waals surface area contributed by atoms with Crippen molar-refractivity contribution in [1.82, 2.24) is 0 Å². The third-order valence-electron chi connectivity index (χ3n) is 4.24. The molecule has 8 heteroatoms. The molecule has 1 saturated heterocycles. The molecular weight excluding hydrogens is 396 g/mol. The average Bonchev–Trinajstić information content (AvgIpc) is 3.65. The first-order chi connectivity index (χ1) is 15.3. The van der Waals surface area contributed by atoms with Gasteiger partial charge in [0, 0.05) is 0 Å². The number of ether oxygens (including phenoxy) is 3. The Bertz CT molecular complexity index is 1040. The molecule has 0 saturated carbocycles. The molecule has 1 atom stereocenters. The third-order valence-corrected chi connectivity index (χ3v) is 4.24. The molecule has 4 rings (SSSR count). The topological polar surface area (TPSA) is 97.5 Å². The number of carbonyl (C=O) groups is 1. The van der Waals surface area contributed by atoms with E-state index in [1.54, 1.807) is 24.3 Å². The van der Waals surface area contributed by atoms with Gasteiger partial charge in [-0.3, -0.25) is 4.79 Å². The minimum absolute atomic E-state index is 0.0283. The molecule has 3 aromatic rings. The molecule has 0 amide bonds. The molecule has 1 aliphatic rings. The number of aldehydes is 1. The second kappa shape index (κ2) is 10.2. The largest absolute Gasteiger partial charge is 0.491 e. The van der Waals surface area contributed by atoms with Crippen LogP contribution < -0.4 is 9.47 Å². The van der Waals surface area contributed by atoms with E-state index >= 15 is 0 Å². The van der Waals surface area contributed by atoms with Crippen LogP contribution in [0.4, 0.5) is 22.7 Å². The summed E-state index contributed by atoms with van der Waals surface area (Å²) in [6.07, 6.45) is 0.935. The van der Waals surface area contributed by atoms with Crippen LogP contribution in [0.25, 0.3) is 0 Å². The summed E-state index contributed by atoms with van der Waals surface area (Å²) < 4.78 is 15.9. The SMILES string of the molecule is O=CCOc1ccc(N=Nc2ccc(N=Nc3ccc(OCC4CO4)cc3)cc2)cc1. The fourth-order valence-corrected chi connectivity index (χ4v) is 2.52. The summed E-state index contributed by atoms with van der Waals surface area (Å²) in [7, 11) is 0. The number of rotatable bonds is 10. The van der Waals surface area contributed by atoms with Gasteiger partial charge < -0.3 is 14.2 Å². The molecule has 156 valence electrons. The van der Waals surface area contributed by atoms with E-state index in [-0.39, 0.29) is 12.7 Å². The zero-order chi connectivity index (χ0) is 21.3. The second-order valence-electron chi connectivity index (χ2n) is 6.65. The first kappa shape index (κ1) is 20.4. The lowest BCUT2D eigenvalue weighted by Crippen LogP contribution is -2.03. The molecule has 0 aliphatic carbocycles. The van der Waals surface area contributed by atoms with Crippen molar-refractivity contribution in [1.29, 1.82) is 0 Å². The Labute approximate surface area is 179 Å². The van der Waals surface area contributed by atoms with E-state index in [9.17, 15) is 4.79 Å². The van der Waals surface area contributed by atoms with Gasteiger partial charge in [-0.1, -0.05) is 0 Å². The summed E-state index contributed by atoms with van der Waals surface area (Å²) in [4.78, 5) is 10.3. The highest BCUT2D eigenvalue weighted by molar-refractivity contribution is 5.52. The van der Waals surface area contributed by atoms with E-state index in [0.717, 1.165) is 18.0 Å². The Kier molecular flexibility index (Phi) is 6.71. The molecule has 0 bridgehead atoms. The first-order valence-corrected chi connectivity index (χ1v) is 9.73. The van der Waals surface area contributed by atoms with E-state index in [1.807, 2.05) is 48.5 Å². The number of azo groups is 2. The molecule has 1 aliphatic heterocycles. The highest BCUT2D eigenvalue weighted by Crippen LogP contribution is 2.25. The van der Waals surface area contributed by atoms with E-state index in [2.05, 4.69) is 20.5 Å². The Morgan fingerprint density at radius 3 is 1.48 bits per heavy atom. The molecule has 3 aromatic carbocycles. The average molecular weight is 416 g/mol. The van der Waals surface area contributed by atoms with Gasteiger partial charge in [0.1, 0.15) is 30.8 Å². The van der Waals surface area contributed by atoms with Crippen molar-refractivity contribution >= 4 is 29.0 Å². The fourth-order valence-electron chi connectivity index (χ4n) is 2.52. The fraction of sp³-hybridized carbons (Fsp3) is 0.174. The van der Waals surface area contributed by atoms with Crippen molar-refractivity contribution in [3.05, 3.63) is 72.8 Å². The number of carbonyl (C=O) groups excluding carboxylic acids is 1. The molecule has 0 spiro atoms. The van der Waals surface area contributed by atoms with Gasteiger partial charge in [-0.05, 0) is 72.8 Å². The smallest absolute Gasteiger partial charge is 0.157 e. The van der Waals surface area contributed by atoms with Crippen molar-refractivity contribution in [3.8, 4) is 11.5 Å². The summed E-state index contributed by atoms with van der Waals surface area (Å²) in [5.41, 5.74) is 2.82. The Morgan fingerprint density at radius 1 is 0.710 bits per heavy atom. The van der Waals surface area contributed by atoms with Crippen LogP contribution in [0.5, 0.6) is 11.5 Å². The van der Waals surface area contributed by atoms with Gasteiger partial charge in [0.05, 0.1) is 29.4 Å². The van der Waals surface area contributed by atoms with Crippen LogP contribution in [0.3, 0.4) is 0 Å². The number of epoxide rings is 1. The van der Waals surface area contributed by atoms with Gasteiger partial charge in [0.2, 0.25) is 0 Å². The lowest BCUT2D eigenvalue weighted by Gasteiger charge is -2.03. The third kappa shape index (κ3) is 6.55. The zero-order valence-corrected chi connectivity index (χ0v) is 16.6. The van der Waals surface area contributed by atoms with Crippen molar-refractivity contribution in [2.24, 2.45) is 20.5 Å². The highest BCUT2D eigenvalue weighted by atomic mass is 16.6. The zero-order valence-electron chi connectivity index (χ0n) is 16.6. The molecule has 0 N–H and O–H groups in total. The molecule has 1 heterocycles. The van der Waals surface area contributed by atoms with Crippen LogP contribution in [0.15, 0.2) is 93.3 Å². The van der Waals surface area contributed by atoms with Crippen LogP contribution >= 0.6 is 0 Å². The van der Waals surface area contributed by atoms with Crippen LogP contribution in [-0.4, -0.2) is 32.2 Å². The van der Waals surface area contributed by atoms with Gasteiger partial charge >= 0.3 is 0 Å². The molecular formula is C23H20N4O4. The standard InChI is InChI=1S/C23H20N4O4/c28-13-14-29-21-9-5-19(6-10-21)26-24-17-1-3-18(4-2-17)25-27-20-7-11-22(12-8-20)30-15-23-16-31-23/h1-13,23H,14-16H2. The van der Waals surface area contributed by atoms with Gasteiger partial charge in [-0.25, -0.2) is 0 Å². The first-order valence-electron chi connectivity index (χ1n) is 9.73. The van der Waals surface area contributed by atoms with E-state index in [4.69, 9.17) is 14.2 Å². The normalized spacial score (nSPS) is 15.3. The van der Waals surface area contributed by atoms with Crippen molar-refractivity contribution < 1.29 is 19.0 Å². The van der Waals surface area contributed by atoms with Crippen molar-refractivity contribution in [2.45, 2.75) is 6.10 Å². The molecule has 0 aromatic heterocycles. The van der Waals surface area contributed by atoms with Crippen LogP contribution in [0, 0.1) is 0 Å². The molecule has 1 fully saturated rings. The minimum atomic E-state index is 0.0283. The Balaban J connectivity index is 1.30. The summed E-state index contributed by atoms with van der Waals surface area (Å²) in [6, 6.07) is 21.7. The van der Waals surface area contributed by atoms with E-state index in [0.29, 0.717) is 35.7 Å². The van der Waals surface area contributed by atoms with Gasteiger partial charge in [0.15, 0.2) is 6.29 Å². The Hall–Kier alpha value is -3.91. The van der Waals surface area contributed by atoms with Crippen molar-refractivity contribution in [2.75, 3.05) is 19.8 Å². The summed E-state index contributed by atoms with van der Waals surface area (Å²) in [5, 5.41) is 16.9. The number of hydrogen-bond acceptors (Lipinski definition) is 8. The predicted octanol–water partition coefficient (Wildman–Crippen LogP) is 5.87. The Morgan fingerprint density at radius 2 is 1.10 bits per heavy atom. The van der Waals surface area contributed by atoms with Crippen LogP contribution in [0.1, 0.15) is 0 Å². The quantitative estimate of drug-likeness (QED) is 0.234.